The number of ether oxygens (including phenoxy) is 2. The van der Waals surface area contributed by atoms with Gasteiger partial charge in [0.05, 0.1) is 36.8 Å². The summed E-state index contributed by atoms with van der Waals surface area (Å²) in [6.45, 7) is 0.519. The molecule has 1 aliphatic heterocycles. The van der Waals surface area contributed by atoms with E-state index in [1.165, 1.54) is 0 Å². The fourth-order valence-corrected chi connectivity index (χ4v) is 6.48. The average molecular weight is 684 g/mol. The van der Waals surface area contributed by atoms with Crippen LogP contribution in [-0.2, 0) is 32.2 Å². The van der Waals surface area contributed by atoms with Crippen LogP contribution < -0.4 is 16.4 Å². The van der Waals surface area contributed by atoms with Crippen LogP contribution in [0.1, 0.15) is 66.8 Å². The number of nitrogens with one attached hydrogen (secondary N) is 2. The SMILES string of the molecule is Nc1ccccc1NC(=O)CCCCC(=O)NCc1cccc(-c2cccc([C@@H]3O[C@H](CSCCO)C[C@H](c4ccc(CO)cc4)O3)c2)c1. The minimum absolute atomic E-state index is 0.00762. The van der Waals surface area contributed by atoms with Gasteiger partial charge >= 0.3 is 0 Å². The topological polar surface area (TPSA) is 143 Å². The van der Waals surface area contributed by atoms with Gasteiger partial charge in [0, 0.05) is 42.9 Å². The van der Waals surface area contributed by atoms with E-state index in [9.17, 15) is 19.8 Å². The van der Waals surface area contributed by atoms with E-state index in [1.807, 2.05) is 72.8 Å². The first kappa shape index (κ1) is 36.1. The molecule has 9 nitrogen and oxygen atoms in total. The van der Waals surface area contributed by atoms with Gasteiger partial charge in [-0.1, -0.05) is 72.8 Å². The number of rotatable bonds is 16. The Hall–Kier alpha value is -4.19. The normalized spacial score (nSPS) is 17.4. The highest BCUT2D eigenvalue weighted by Gasteiger charge is 2.32. The van der Waals surface area contributed by atoms with E-state index in [-0.39, 0.29) is 37.2 Å². The summed E-state index contributed by atoms with van der Waals surface area (Å²) in [4.78, 5) is 24.8. The second-order valence-electron chi connectivity index (χ2n) is 12.1. The third-order valence-electron chi connectivity index (χ3n) is 8.36. The minimum atomic E-state index is -0.569. The van der Waals surface area contributed by atoms with Crippen LogP contribution in [0, 0.1) is 0 Å². The first-order valence-electron chi connectivity index (χ1n) is 16.7. The molecule has 0 saturated carbocycles. The molecule has 49 heavy (non-hydrogen) atoms. The number of benzene rings is 4. The van der Waals surface area contributed by atoms with Crippen molar-refractivity contribution >= 4 is 35.0 Å². The fourth-order valence-electron chi connectivity index (χ4n) is 5.71. The molecule has 258 valence electrons. The van der Waals surface area contributed by atoms with Crippen LogP contribution in [0.4, 0.5) is 11.4 Å². The Balaban J connectivity index is 1.15. The van der Waals surface area contributed by atoms with Crippen molar-refractivity contribution < 1.29 is 29.3 Å². The number of para-hydroxylation sites is 2. The first-order valence-corrected chi connectivity index (χ1v) is 17.9. The lowest BCUT2D eigenvalue weighted by Gasteiger charge is -2.36. The van der Waals surface area contributed by atoms with Crippen LogP contribution in [0.2, 0.25) is 0 Å². The highest BCUT2D eigenvalue weighted by molar-refractivity contribution is 7.99. The Morgan fingerprint density at radius 3 is 2.29 bits per heavy atom. The van der Waals surface area contributed by atoms with Gasteiger partial charge in [-0.05, 0) is 64.9 Å². The summed E-state index contributed by atoms with van der Waals surface area (Å²) in [6, 6.07) is 31.2. The smallest absolute Gasteiger partial charge is 0.224 e. The monoisotopic (exact) mass is 683 g/mol. The van der Waals surface area contributed by atoms with E-state index < -0.39 is 6.29 Å². The number of carbonyl (C=O) groups is 2. The average Bonchev–Trinajstić information content (AvgIpc) is 3.14. The molecule has 0 aliphatic carbocycles. The zero-order valence-electron chi connectivity index (χ0n) is 27.6. The Morgan fingerprint density at radius 2 is 1.53 bits per heavy atom. The van der Waals surface area contributed by atoms with E-state index in [2.05, 4.69) is 22.8 Å². The lowest BCUT2D eigenvalue weighted by atomic mass is 9.99. The zero-order valence-corrected chi connectivity index (χ0v) is 28.4. The number of carbonyl (C=O) groups excluding carboxylic acids is 2. The van der Waals surface area contributed by atoms with Crippen molar-refractivity contribution in [1.82, 2.24) is 5.32 Å². The summed E-state index contributed by atoms with van der Waals surface area (Å²) in [5, 5.41) is 24.6. The predicted octanol–water partition coefficient (Wildman–Crippen LogP) is 6.51. The molecular weight excluding hydrogens is 639 g/mol. The Kier molecular flexibility index (Phi) is 13.7. The number of nitrogens with two attached hydrogens (primary N) is 1. The second-order valence-corrected chi connectivity index (χ2v) is 13.2. The van der Waals surface area contributed by atoms with Gasteiger partial charge in [0.1, 0.15) is 0 Å². The van der Waals surface area contributed by atoms with Crippen molar-refractivity contribution in [2.24, 2.45) is 0 Å². The van der Waals surface area contributed by atoms with Gasteiger partial charge in [0.25, 0.3) is 0 Å². The van der Waals surface area contributed by atoms with Crippen LogP contribution in [0.15, 0.2) is 97.1 Å². The molecule has 4 aromatic rings. The van der Waals surface area contributed by atoms with Gasteiger partial charge in [-0.2, -0.15) is 11.8 Å². The quantitative estimate of drug-likeness (QED) is 0.0664. The van der Waals surface area contributed by atoms with Crippen molar-refractivity contribution in [3.8, 4) is 11.1 Å². The maximum absolute atomic E-state index is 12.6. The Morgan fingerprint density at radius 1 is 0.796 bits per heavy atom. The molecule has 1 fully saturated rings. The number of unbranched alkanes of at least 4 members (excludes halogenated alkanes) is 1. The standard InChI is InChI=1S/C39H45N3O6S/c40-34-11-1-2-12-35(34)42-38(46)14-4-3-13-37(45)41-24-28-7-5-8-30(21-28)31-9-6-10-32(22-31)39-47-33(26-49-20-19-43)23-36(48-39)29-17-15-27(25-44)16-18-29/h1-2,5-12,15-18,21-22,33,36,39,43-44H,3-4,13-14,19-20,23-26,40H2,(H,41,45)(H,42,46)/t33-,36+,39+/m0/s1. The molecule has 0 aromatic heterocycles. The molecule has 1 aliphatic rings. The van der Waals surface area contributed by atoms with Gasteiger partial charge in [-0.15, -0.1) is 0 Å². The van der Waals surface area contributed by atoms with E-state index in [0.717, 1.165) is 39.1 Å². The summed E-state index contributed by atoms with van der Waals surface area (Å²) in [7, 11) is 0. The van der Waals surface area contributed by atoms with Gasteiger partial charge < -0.3 is 36.1 Å². The summed E-state index contributed by atoms with van der Waals surface area (Å²) in [6.07, 6.45) is 1.77. The zero-order chi connectivity index (χ0) is 34.4. The predicted molar refractivity (Wildman–Crippen MR) is 195 cm³/mol. The number of amides is 2. The van der Waals surface area contributed by atoms with Crippen LogP contribution in [0.5, 0.6) is 0 Å². The molecule has 1 saturated heterocycles. The fraction of sp³-hybridized carbons (Fsp3) is 0.333. The number of hydrogen-bond acceptors (Lipinski definition) is 8. The summed E-state index contributed by atoms with van der Waals surface area (Å²) >= 11 is 1.66. The Bertz CT molecular complexity index is 1670. The summed E-state index contributed by atoms with van der Waals surface area (Å²) in [5.74, 6) is 1.22. The van der Waals surface area contributed by atoms with Gasteiger partial charge in [0.2, 0.25) is 11.8 Å². The lowest BCUT2D eigenvalue weighted by molar-refractivity contribution is -0.245. The largest absolute Gasteiger partial charge is 0.397 e. The number of thioether (sulfide) groups is 1. The third kappa shape index (κ3) is 10.9. The molecule has 6 N–H and O–H groups in total. The first-order chi connectivity index (χ1) is 23.9. The molecule has 0 radical (unpaired) electrons. The van der Waals surface area contributed by atoms with E-state index >= 15 is 0 Å². The van der Waals surface area contributed by atoms with Crippen molar-refractivity contribution in [2.45, 2.75) is 63.8 Å². The molecule has 0 spiro atoms. The van der Waals surface area contributed by atoms with E-state index in [4.69, 9.17) is 15.2 Å². The molecule has 5 rings (SSSR count). The number of aliphatic hydroxyl groups excluding tert-OH is 2. The summed E-state index contributed by atoms with van der Waals surface area (Å²) < 4.78 is 13.0. The molecule has 1 heterocycles. The molecular formula is C39H45N3O6S. The lowest BCUT2D eigenvalue weighted by Crippen LogP contribution is -2.31. The van der Waals surface area contributed by atoms with Crippen molar-refractivity contribution in [2.75, 3.05) is 29.2 Å². The van der Waals surface area contributed by atoms with E-state index in [1.54, 1.807) is 23.9 Å². The number of hydrogen-bond donors (Lipinski definition) is 5. The maximum Gasteiger partial charge on any atom is 0.224 e. The van der Waals surface area contributed by atoms with Gasteiger partial charge in [0.15, 0.2) is 6.29 Å². The Labute approximate surface area is 292 Å². The molecule has 10 heteroatoms. The molecule has 0 bridgehead atoms. The number of aliphatic hydroxyl groups is 2. The van der Waals surface area contributed by atoms with Gasteiger partial charge in [-0.3, -0.25) is 9.59 Å². The second kappa shape index (κ2) is 18.5. The number of anilines is 2. The molecule has 3 atom stereocenters. The number of nitrogen functional groups attached to an aromatic ring is 1. The maximum atomic E-state index is 12.6. The van der Waals surface area contributed by atoms with Crippen molar-refractivity contribution in [3.63, 3.8) is 0 Å². The van der Waals surface area contributed by atoms with Crippen LogP contribution in [-0.4, -0.2) is 46.2 Å². The highest BCUT2D eigenvalue weighted by atomic mass is 32.2. The van der Waals surface area contributed by atoms with Crippen molar-refractivity contribution in [3.05, 3.63) is 119 Å². The molecule has 4 aromatic carbocycles. The highest BCUT2D eigenvalue weighted by Crippen LogP contribution is 2.39. The van der Waals surface area contributed by atoms with Gasteiger partial charge in [-0.25, -0.2) is 0 Å². The molecule has 0 unspecified atom stereocenters. The van der Waals surface area contributed by atoms with Crippen LogP contribution >= 0.6 is 11.8 Å². The molecule has 2 amide bonds. The van der Waals surface area contributed by atoms with Crippen LogP contribution in [0.25, 0.3) is 11.1 Å². The summed E-state index contributed by atoms with van der Waals surface area (Å²) in [5.41, 5.74) is 12.8. The van der Waals surface area contributed by atoms with Crippen LogP contribution in [0.3, 0.4) is 0 Å². The minimum Gasteiger partial charge on any atom is -0.397 e. The van der Waals surface area contributed by atoms with Crippen molar-refractivity contribution in [1.29, 1.82) is 0 Å². The van der Waals surface area contributed by atoms with E-state index in [0.29, 0.717) is 55.8 Å². The third-order valence-corrected chi connectivity index (χ3v) is 9.43.